The molecule has 0 spiro atoms. The van der Waals surface area contributed by atoms with Gasteiger partial charge in [0.05, 0.1) is 17.8 Å². The predicted molar refractivity (Wildman–Crippen MR) is 103 cm³/mol. The molecule has 2 aliphatic rings. The third-order valence-electron chi connectivity index (χ3n) is 5.38. The van der Waals surface area contributed by atoms with Crippen molar-refractivity contribution >= 4 is 22.7 Å². The average Bonchev–Trinajstić information content (AvgIpc) is 3.51. The van der Waals surface area contributed by atoms with Crippen molar-refractivity contribution in [3.63, 3.8) is 0 Å². The van der Waals surface area contributed by atoms with E-state index >= 15 is 0 Å². The van der Waals surface area contributed by atoms with Crippen molar-refractivity contribution in [2.75, 3.05) is 31.1 Å². The number of pyridine rings is 1. The number of oxazole rings is 1. The number of carbonyl (C=O) groups is 1. The monoisotopic (exact) mass is 373 g/mol. The largest absolute Gasteiger partial charge is 0.439 e. The molecule has 1 aliphatic carbocycles. The fourth-order valence-corrected chi connectivity index (χ4v) is 3.64. The highest BCUT2D eigenvalue weighted by Crippen LogP contribution is 2.40. The van der Waals surface area contributed by atoms with E-state index in [1.807, 2.05) is 23.1 Å². The number of benzene rings is 1. The standard InChI is InChI=1S/C21H19N5O2/c22-11-14-2-1-3-16(10-14)25-6-8-26(9-7-25)21(27)17-12-23-13-18-19(17)28-20(24-18)15-4-5-15/h1-3,10,12-13,15H,4-9H2. The van der Waals surface area contributed by atoms with E-state index < -0.39 is 0 Å². The molecule has 1 saturated carbocycles. The van der Waals surface area contributed by atoms with Crippen molar-refractivity contribution in [1.29, 1.82) is 5.26 Å². The van der Waals surface area contributed by atoms with Gasteiger partial charge in [0, 0.05) is 44.0 Å². The van der Waals surface area contributed by atoms with Crippen LogP contribution in [0.4, 0.5) is 5.69 Å². The normalized spacial score (nSPS) is 17.0. The second-order valence-corrected chi connectivity index (χ2v) is 7.30. The van der Waals surface area contributed by atoms with Gasteiger partial charge in [0.15, 0.2) is 11.5 Å². The number of rotatable bonds is 3. The zero-order valence-electron chi connectivity index (χ0n) is 15.3. The Kier molecular flexibility index (Phi) is 3.97. The molecule has 0 radical (unpaired) electrons. The van der Waals surface area contributed by atoms with Crippen LogP contribution in [0.15, 0.2) is 41.1 Å². The number of fused-ring (bicyclic) bond motifs is 1. The minimum atomic E-state index is -0.0676. The van der Waals surface area contributed by atoms with Crippen molar-refractivity contribution in [1.82, 2.24) is 14.9 Å². The van der Waals surface area contributed by atoms with Gasteiger partial charge in [-0.2, -0.15) is 5.26 Å². The lowest BCUT2D eigenvalue weighted by molar-refractivity contribution is 0.0747. The van der Waals surface area contributed by atoms with Crippen molar-refractivity contribution in [3.8, 4) is 6.07 Å². The summed E-state index contributed by atoms with van der Waals surface area (Å²) in [5, 5.41) is 9.09. The van der Waals surface area contributed by atoms with Gasteiger partial charge in [-0.3, -0.25) is 9.78 Å². The first-order valence-electron chi connectivity index (χ1n) is 9.52. The molecule has 3 heterocycles. The molecule has 7 nitrogen and oxygen atoms in total. The Morgan fingerprint density at radius 1 is 1.18 bits per heavy atom. The Morgan fingerprint density at radius 3 is 2.75 bits per heavy atom. The number of carbonyl (C=O) groups excluding carboxylic acids is 1. The van der Waals surface area contributed by atoms with Crippen LogP contribution in [-0.2, 0) is 0 Å². The zero-order chi connectivity index (χ0) is 19.1. The molecule has 7 heteroatoms. The SMILES string of the molecule is N#Cc1cccc(N2CCN(C(=O)c3cncc4nc(C5CC5)oc34)CC2)c1. The summed E-state index contributed by atoms with van der Waals surface area (Å²) in [4.78, 5) is 25.8. The van der Waals surface area contributed by atoms with Gasteiger partial charge in [0.25, 0.3) is 5.91 Å². The number of piperazine rings is 1. The summed E-state index contributed by atoms with van der Waals surface area (Å²) < 4.78 is 5.91. The molecular weight excluding hydrogens is 354 g/mol. The molecular formula is C21H19N5O2. The van der Waals surface area contributed by atoms with Crippen LogP contribution in [0.3, 0.4) is 0 Å². The molecule has 2 fully saturated rings. The number of amides is 1. The van der Waals surface area contributed by atoms with Crippen molar-refractivity contribution in [2.45, 2.75) is 18.8 Å². The number of nitrogens with zero attached hydrogens (tertiary/aromatic N) is 5. The molecule has 0 bridgehead atoms. The number of nitriles is 1. The van der Waals surface area contributed by atoms with Crippen LogP contribution < -0.4 is 4.90 Å². The first-order valence-corrected chi connectivity index (χ1v) is 9.52. The lowest BCUT2D eigenvalue weighted by Crippen LogP contribution is -2.48. The summed E-state index contributed by atoms with van der Waals surface area (Å²) >= 11 is 0. The Hall–Kier alpha value is -3.40. The average molecular weight is 373 g/mol. The van der Waals surface area contributed by atoms with Crippen molar-refractivity contribution in [3.05, 3.63) is 53.7 Å². The van der Waals surface area contributed by atoms with Crippen LogP contribution in [0.5, 0.6) is 0 Å². The first-order chi connectivity index (χ1) is 13.7. The zero-order valence-corrected chi connectivity index (χ0v) is 15.3. The minimum Gasteiger partial charge on any atom is -0.439 e. The second kappa shape index (κ2) is 6.64. The molecule has 5 rings (SSSR count). The van der Waals surface area contributed by atoms with Gasteiger partial charge in [-0.25, -0.2) is 4.98 Å². The van der Waals surface area contributed by atoms with Gasteiger partial charge in [0.2, 0.25) is 0 Å². The number of aromatic nitrogens is 2. The van der Waals surface area contributed by atoms with E-state index in [9.17, 15) is 4.79 Å². The Labute approximate surface area is 162 Å². The molecule has 3 aromatic rings. The molecule has 28 heavy (non-hydrogen) atoms. The molecule has 1 saturated heterocycles. The quantitative estimate of drug-likeness (QED) is 0.702. The van der Waals surface area contributed by atoms with E-state index in [1.54, 1.807) is 18.5 Å². The lowest BCUT2D eigenvalue weighted by atomic mass is 10.1. The molecule has 2 aromatic heterocycles. The summed E-state index contributed by atoms with van der Waals surface area (Å²) in [6.45, 7) is 2.65. The van der Waals surface area contributed by atoms with Crippen molar-refractivity contribution in [2.24, 2.45) is 0 Å². The van der Waals surface area contributed by atoms with E-state index in [-0.39, 0.29) is 5.91 Å². The summed E-state index contributed by atoms with van der Waals surface area (Å²) in [7, 11) is 0. The van der Waals surface area contributed by atoms with Gasteiger partial charge in [0.1, 0.15) is 11.1 Å². The van der Waals surface area contributed by atoms with Crippen LogP contribution in [0, 0.1) is 11.3 Å². The number of hydrogen-bond donors (Lipinski definition) is 0. The highest BCUT2D eigenvalue weighted by Gasteiger charge is 2.31. The Morgan fingerprint density at radius 2 is 2.00 bits per heavy atom. The van der Waals surface area contributed by atoms with E-state index in [0.29, 0.717) is 54.3 Å². The smallest absolute Gasteiger partial charge is 0.259 e. The third-order valence-corrected chi connectivity index (χ3v) is 5.38. The molecule has 1 aliphatic heterocycles. The summed E-state index contributed by atoms with van der Waals surface area (Å²) in [6, 6.07) is 9.74. The highest BCUT2D eigenvalue weighted by atomic mass is 16.3. The summed E-state index contributed by atoms with van der Waals surface area (Å²) in [6.07, 6.45) is 5.42. The molecule has 0 atom stereocenters. The molecule has 0 N–H and O–H groups in total. The van der Waals surface area contributed by atoms with Gasteiger partial charge in [-0.1, -0.05) is 6.07 Å². The van der Waals surface area contributed by atoms with Crippen LogP contribution in [-0.4, -0.2) is 47.0 Å². The van der Waals surface area contributed by atoms with Gasteiger partial charge < -0.3 is 14.2 Å². The maximum atomic E-state index is 13.1. The fraction of sp³-hybridized carbons (Fsp3) is 0.333. The Bertz CT molecular complexity index is 1090. The maximum absolute atomic E-state index is 13.1. The number of hydrogen-bond acceptors (Lipinski definition) is 6. The minimum absolute atomic E-state index is 0.0676. The summed E-state index contributed by atoms with van der Waals surface area (Å²) in [5.74, 6) is 1.05. The molecule has 1 aromatic carbocycles. The third kappa shape index (κ3) is 2.97. The van der Waals surface area contributed by atoms with Crippen LogP contribution >= 0.6 is 0 Å². The van der Waals surface area contributed by atoms with Crippen LogP contribution in [0.2, 0.25) is 0 Å². The highest BCUT2D eigenvalue weighted by molar-refractivity contribution is 6.03. The van der Waals surface area contributed by atoms with Crippen molar-refractivity contribution < 1.29 is 9.21 Å². The molecule has 1 amide bonds. The second-order valence-electron chi connectivity index (χ2n) is 7.30. The maximum Gasteiger partial charge on any atom is 0.259 e. The lowest BCUT2D eigenvalue weighted by Gasteiger charge is -2.36. The van der Waals surface area contributed by atoms with Crippen LogP contribution in [0.25, 0.3) is 11.1 Å². The van der Waals surface area contributed by atoms with E-state index in [4.69, 9.17) is 9.68 Å². The van der Waals surface area contributed by atoms with E-state index in [2.05, 4.69) is 20.9 Å². The molecule has 140 valence electrons. The topological polar surface area (TPSA) is 86.3 Å². The molecule has 0 unspecified atom stereocenters. The van der Waals surface area contributed by atoms with E-state index in [0.717, 1.165) is 24.4 Å². The first kappa shape index (κ1) is 16.8. The predicted octanol–water partition coefficient (Wildman–Crippen LogP) is 2.93. The van der Waals surface area contributed by atoms with Gasteiger partial charge >= 0.3 is 0 Å². The Balaban J connectivity index is 1.33. The van der Waals surface area contributed by atoms with E-state index in [1.165, 1.54) is 0 Å². The van der Waals surface area contributed by atoms with Crippen LogP contribution in [0.1, 0.15) is 40.6 Å². The van der Waals surface area contributed by atoms with Gasteiger partial charge in [-0.05, 0) is 31.0 Å². The summed E-state index contributed by atoms with van der Waals surface area (Å²) in [5.41, 5.74) is 3.34. The van der Waals surface area contributed by atoms with Gasteiger partial charge in [-0.15, -0.1) is 0 Å². The fourth-order valence-electron chi connectivity index (χ4n) is 3.64. The number of anilines is 1.